The van der Waals surface area contributed by atoms with Crippen LogP contribution in [0.5, 0.6) is 0 Å². The molecular weight excluding hydrogens is 330 g/mol. The van der Waals surface area contributed by atoms with Crippen molar-refractivity contribution >= 4 is 23.5 Å². The highest BCUT2D eigenvalue weighted by atomic mass is 35.5. The first-order valence-electron chi connectivity index (χ1n) is 7.73. The SMILES string of the molecule is C[C@@H]1CN(C(=O)c2cnn(Cc3ccccc3Cl)c2)C[C@H]1C(=O)O. The lowest BCUT2D eigenvalue weighted by atomic mass is 9.99. The molecule has 0 aliphatic carbocycles. The number of halogens is 1. The Hall–Kier alpha value is -2.34. The number of hydrogen-bond acceptors (Lipinski definition) is 3. The van der Waals surface area contributed by atoms with Gasteiger partial charge in [0.2, 0.25) is 0 Å². The quantitative estimate of drug-likeness (QED) is 0.921. The molecule has 1 aliphatic rings. The standard InChI is InChI=1S/C17H18ClN3O3/c1-11-7-20(10-14(11)17(23)24)16(22)13-6-19-21(9-13)8-12-4-2-3-5-15(12)18/h2-6,9,11,14H,7-8,10H2,1H3,(H,23,24)/t11-,14-/m1/s1. The fourth-order valence-electron chi connectivity index (χ4n) is 3.00. The molecule has 1 N–H and O–H groups in total. The topological polar surface area (TPSA) is 75.4 Å². The van der Waals surface area contributed by atoms with Crippen LogP contribution in [0.1, 0.15) is 22.8 Å². The average Bonchev–Trinajstić information content (AvgIpc) is 3.16. The van der Waals surface area contributed by atoms with Crippen LogP contribution in [-0.2, 0) is 11.3 Å². The van der Waals surface area contributed by atoms with E-state index in [1.807, 2.05) is 31.2 Å². The van der Waals surface area contributed by atoms with E-state index in [2.05, 4.69) is 5.10 Å². The van der Waals surface area contributed by atoms with Crippen LogP contribution in [0.25, 0.3) is 0 Å². The zero-order chi connectivity index (χ0) is 17.3. The van der Waals surface area contributed by atoms with Gasteiger partial charge < -0.3 is 10.0 Å². The van der Waals surface area contributed by atoms with E-state index in [9.17, 15) is 14.7 Å². The predicted octanol–water partition coefficient (Wildman–Crippen LogP) is 2.38. The number of rotatable bonds is 4. The third-order valence-electron chi connectivity index (χ3n) is 4.39. The summed E-state index contributed by atoms with van der Waals surface area (Å²) in [6.07, 6.45) is 3.18. The summed E-state index contributed by atoms with van der Waals surface area (Å²) in [5, 5.41) is 14.0. The Balaban J connectivity index is 1.71. The highest BCUT2D eigenvalue weighted by Crippen LogP contribution is 2.24. The van der Waals surface area contributed by atoms with Gasteiger partial charge >= 0.3 is 5.97 Å². The summed E-state index contributed by atoms with van der Waals surface area (Å²) in [6, 6.07) is 7.47. The number of aliphatic carboxylic acids is 1. The van der Waals surface area contributed by atoms with Crippen LogP contribution >= 0.6 is 11.6 Å². The van der Waals surface area contributed by atoms with Crippen molar-refractivity contribution in [3.63, 3.8) is 0 Å². The Morgan fingerprint density at radius 3 is 2.75 bits per heavy atom. The van der Waals surface area contributed by atoms with Gasteiger partial charge in [-0.15, -0.1) is 0 Å². The fourth-order valence-corrected chi connectivity index (χ4v) is 3.19. The lowest BCUT2D eigenvalue weighted by Crippen LogP contribution is -2.29. The van der Waals surface area contributed by atoms with E-state index in [4.69, 9.17) is 11.6 Å². The van der Waals surface area contributed by atoms with E-state index in [0.717, 1.165) is 5.56 Å². The molecule has 3 rings (SSSR count). The first-order chi connectivity index (χ1) is 11.5. The molecule has 0 spiro atoms. The van der Waals surface area contributed by atoms with Crippen LogP contribution in [0, 0.1) is 11.8 Å². The van der Waals surface area contributed by atoms with Crippen LogP contribution in [0.15, 0.2) is 36.7 Å². The molecule has 2 heterocycles. The van der Waals surface area contributed by atoms with Gasteiger partial charge in [0.25, 0.3) is 5.91 Å². The maximum absolute atomic E-state index is 12.5. The van der Waals surface area contributed by atoms with Gasteiger partial charge in [-0.2, -0.15) is 5.10 Å². The van der Waals surface area contributed by atoms with Crippen molar-refractivity contribution in [1.29, 1.82) is 0 Å². The third-order valence-corrected chi connectivity index (χ3v) is 4.76. The van der Waals surface area contributed by atoms with E-state index in [1.165, 1.54) is 6.20 Å². The highest BCUT2D eigenvalue weighted by Gasteiger charge is 2.37. The molecule has 0 radical (unpaired) electrons. The minimum atomic E-state index is -0.854. The molecule has 6 nitrogen and oxygen atoms in total. The molecular formula is C17H18ClN3O3. The molecule has 24 heavy (non-hydrogen) atoms. The molecule has 1 amide bonds. The Kier molecular flexibility index (Phi) is 4.57. The number of hydrogen-bond donors (Lipinski definition) is 1. The first kappa shape index (κ1) is 16.5. The Labute approximate surface area is 144 Å². The van der Waals surface area contributed by atoms with E-state index < -0.39 is 11.9 Å². The number of amides is 1. The second kappa shape index (κ2) is 6.65. The number of aromatic nitrogens is 2. The van der Waals surface area contributed by atoms with Crippen molar-refractivity contribution in [3.05, 3.63) is 52.8 Å². The molecule has 2 aromatic rings. The molecule has 1 aromatic carbocycles. The number of carbonyl (C=O) groups is 2. The van der Waals surface area contributed by atoms with Gasteiger partial charge in [0, 0.05) is 24.3 Å². The summed E-state index contributed by atoms with van der Waals surface area (Å²) in [6.45, 7) is 3.02. The zero-order valence-electron chi connectivity index (χ0n) is 13.2. The third kappa shape index (κ3) is 3.28. The minimum absolute atomic E-state index is 0.0513. The normalized spacial score (nSPS) is 20.3. The van der Waals surface area contributed by atoms with Crippen molar-refractivity contribution in [2.24, 2.45) is 11.8 Å². The number of carbonyl (C=O) groups excluding carboxylic acids is 1. The number of carboxylic acids is 1. The minimum Gasteiger partial charge on any atom is -0.481 e. The van der Waals surface area contributed by atoms with Crippen molar-refractivity contribution in [2.75, 3.05) is 13.1 Å². The van der Waals surface area contributed by atoms with E-state index in [0.29, 0.717) is 23.7 Å². The molecule has 0 unspecified atom stereocenters. The van der Waals surface area contributed by atoms with Crippen molar-refractivity contribution < 1.29 is 14.7 Å². The molecule has 7 heteroatoms. The molecule has 1 fully saturated rings. The van der Waals surface area contributed by atoms with Crippen molar-refractivity contribution in [2.45, 2.75) is 13.5 Å². The molecule has 2 atom stereocenters. The summed E-state index contributed by atoms with van der Waals surface area (Å²) in [7, 11) is 0. The number of carboxylic acid groups (broad SMARTS) is 1. The maximum Gasteiger partial charge on any atom is 0.308 e. The fraction of sp³-hybridized carbons (Fsp3) is 0.353. The predicted molar refractivity (Wildman–Crippen MR) is 89.0 cm³/mol. The van der Waals surface area contributed by atoms with Crippen LogP contribution < -0.4 is 0 Å². The lowest BCUT2D eigenvalue weighted by Gasteiger charge is -2.14. The summed E-state index contributed by atoms with van der Waals surface area (Å²) in [5.41, 5.74) is 1.38. The number of nitrogens with zero attached hydrogens (tertiary/aromatic N) is 3. The molecule has 1 saturated heterocycles. The smallest absolute Gasteiger partial charge is 0.308 e. The van der Waals surface area contributed by atoms with E-state index in [1.54, 1.807) is 15.8 Å². The Morgan fingerprint density at radius 1 is 1.33 bits per heavy atom. The van der Waals surface area contributed by atoms with Crippen LogP contribution in [-0.4, -0.2) is 44.8 Å². The summed E-state index contributed by atoms with van der Waals surface area (Å²) < 4.78 is 1.66. The summed E-state index contributed by atoms with van der Waals surface area (Å²) in [4.78, 5) is 25.3. The van der Waals surface area contributed by atoms with Gasteiger partial charge in [-0.1, -0.05) is 36.7 Å². The van der Waals surface area contributed by atoms with Crippen LogP contribution in [0.4, 0.5) is 0 Å². The van der Waals surface area contributed by atoms with Gasteiger partial charge in [0.1, 0.15) is 0 Å². The number of likely N-dealkylation sites (tertiary alicyclic amines) is 1. The number of benzene rings is 1. The zero-order valence-corrected chi connectivity index (χ0v) is 14.0. The van der Waals surface area contributed by atoms with Gasteiger partial charge in [0.05, 0.1) is 24.2 Å². The first-order valence-corrected chi connectivity index (χ1v) is 8.11. The van der Waals surface area contributed by atoms with Crippen LogP contribution in [0.3, 0.4) is 0 Å². The molecule has 126 valence electrons. The lowest BCUT2D eigenvalue weighted by molar-refractivity contribution is -0.142. The van der Waals surface area contributed by atoms with Gasteiger partial charge in [-0.05, 0) is 17.5 Å². The Morgan fingerprint density at radius 2 is 2.08 bits per heavy atom. The van der Waals surface area contributed by atoms with Crippen molar-refractivity contribution in [3.8, 4) is 0 Å². The van der Waals surface area contributed by atoms with Crippen molar-refractivity contribution in [1.82, 2.24) is 14.7 Å². The second-order valence-electron chi connectivity index (χ2n) is 6.15. The average molecular weight is 348 g/mol. The summed E-state index contributed by atoms with van der Waals surface area (Å²) in [5.74, 6) is -1.60. The second-order valence-corrected chi connectivity index (χ2v) is 6.56. The van der Waals surface area contributed by atoms with Gasteiger partial charge in [-0.3, -0.25) is 14.3 Å². The molecule has 0 bridgehead atoms. The van der Waals surface area contributed by atoms with Gasteiger partial charge in [0.15, 0.2) is 0 Å². The highest BCUT2D eigenvalue weighted by molar-refractivity contribution is 6.31. The molecule has 1 aromatic heterocycles. The molecule has 0 saturated carbocycles. The van der Waals surface area contributed by atoms with E-state index >= 15 is 0 Å². The largest absolute Gasteiger partial charge is 0.481 e. The van der Waals surface area contributed by atoms with Gasteiger partial charge in [-0.25, -0.2) is 0 Å². The summed E-state index contributed by atoms with van der Waals surface area (Å²) >= 11 is 6.14. The maximum atomic E-state index is 12.5. The monoisotopic (exact) mass is 347 g/mol. The van der Waals surface area contributed by atoms with Crippen LogP contribution in [0.2, 0.25) is 5.02 Å². The van der Waals surface area contributed by atoms with E-state index in [-0.39, 0.29) is 18.4 Å². The Bertz CT molecular complexity index is 774. The molecule has 1 aliphatic heterocycles.